The molecule has 1 aliphatic heterocycles. The third-order valence-corrected chi connectivity index (χ3v) is 7.81. The Balaban J connectivity index is 1.36. The van der Waals surface area contributed by atoms with Gasteiger partial charge in [0.1, 0.15) is 4.88 Å². The number of thiocarbonyl (C=S) groups is 1. The van der Waals surface area contributed by atoms with Crippen molar-refractivity contribution in [3.8, 4) is 0 Å². The van der Waals surface area contributed by atoms with Crippen LogP contribution < -0.4 is 5.32 Å². The molecule has 3 aromatic rings. The Bertz CT molecular complexity index is 1150. The van der Waals surface area contributed by atoms with Gasteiger partial charge >= 0.3 is 5.97 Å². The number of halogens is 1. The number of nitrogens with one attached hydrogen (secondary N) is 1. The van der Waals surface area contributed by atoms with Crippen LogP contribution in [0, 0.1) is 6.92 Å². The van der Waals surface area contributed by atoms with Gasteiger partial charge in [0.15, 0.2) is 5.11 Å². The second-order valence-electron chi connectivity index (χ2n) is 7.71. The first-order chi connectivity index (χ1) is 15.4. The molecule has 32 heavy (non-hydrogen) atoms. The summed E-state index contributed by atoms with van der Waals surface area (Å²) in [6.07, 6.45) is 1.98. The molecular formula is C22H26ClN5O2S2. The van der Waals surface area contributed by atoms with Crippen molar-refractivity contribution in [1.82, 2.24) is 19.6 Å². The summed E-state index contributed by atoms with van der Waals surface area (Å²) in [5.74, 6) is -0.420. The summed E-state index contributed by atoms with van der Waals surface area (Å²) in [6, 6.07) is 5.80. The summed E-state index contributed by atoms with van der Waals surface area (Å²) in [4.78, 5) is 17.0. The predicted octanol–water partition coefficient (Wildman–Crippen LogP) is 4.38. The zero-order valence-corrected chi connectivity index (χ0v) is 20.7. The zero-order valence-electron chi connectivity index (χ0n) is 18.4. The minimum Gasteiger partial charge on any atom is -0.465 e. The average Bonchev–Trinajstić information content (AvgIpc) is 3.32. The molecule has 0 radical (unpaired) electrons. The molecule has 7 nitrogen and oxygen atoms in total. The largest absolute Gasteiger partial charge is 0.465 e. The molecule has 0 bridgehead atoms. The fourth-order valence-corrected chi connectivity index (χ4v) is 5.64. The third-order valence-electron chi connectivity index (χ3n) is 5.81. The Morgan fingerprint density at radius 1 is 1.31 bits per heavy atom. The van der Waals surface area contributed by atoms with Crippen LogP contribution >= 0.6 is 35.2 Å². The Hall–Kier alpha value is -2.20. The van der Waals surface area contributed by atoms with E-state index in [1.165, 1.54) is 29.7 Å². The molecule has 0 amide bonds. The van der Waals surface area contributed by atoms with Gasteiger partial charge < -0.3 is 15.0 Å². The molecule has 3 heterocycles. The molecule has 0 atom stereocenters. The lowest BCUT2D eigenvalue weighted by Gasteiger charge is -2.36. The normalized spacial score (nSPS) is 14.7. The van der Waals surface area contributed by atoms with Gasteiger partial charge in [-0.25, -0.2) is 4.79 Å². The maximum Gasteiger partial charge on any atom is 0.349 e. The summed E-state index contributed by atoms with van der Waals surface area (Å²) < 4.78 is 7.77. The van der Waals surface area contributed by atoms with Crippen molar-refractivity contribution in [3.05, 3.63) is 45.6 Å². The van der Waals surface area contributed by atoms with Crippen LogP contribution in [0.5, 0.6) is 0 Å². The van der Waals surface area contributed by atoms with E-state index in [1.807, 2.05) is 29.1 Å². The van der Waals surface area contributed by atoms with Crippen molar-refractivity contribution < 1.29 is 9.53 Å². The summed E-state index contributed by atoms with van der Waals surface area (Å²) >= 11 is 13.3. The van der Waals surface area contributed by atoms with Crippen LogP contribution in [0.2, 0.25) is 5.02 Å². The van der Waals surface area contributed by atoms with E-state index >= 15 is 0 Å². The Morgan fingerprint density at radius 3 is 2.72 bits per heavy atom. The number of aromatic nitrogens is 2. The molecule has 4 rings (SSSR count). The van der Waals surface area contributed by atoms with E-state index in [9.17, 15) is 4.79 Å². The lowest BCUT2D eigenvalue weighted by Crippen LogP contribution is -2.49. The summed E-state index contributed by atoms with van der Waals surface area (Å²) in [6.45, 7) is 9.68. The van der Waals surface area contributed by atoms with Crippen LogP contribution in [0.4, 0.5) is 5.69 Å². The van der Waals surface area contributed by atoms with E-state index in [4.69, 9.17) is 28.6 Å². The molecule has 2 aromatic heterocycles. The number of thiophene rings is 1. The van der Waals surface area contributed by atoms with Crippen molar-refractivity contribution in [2.45, 2.75) is 26.9 Å². The Labute approximate surface area is 201 Å². The number of fused-ring (bicyclic) bond motifs is 1. The first-order valence-corrected chi connectivity index (χ1v) is 12.1. The van der Waals surface area contributed by atoms with Crippen LogP contribution in [-0.2, 0) is 17.8 Å². The minimum absolute atomic E-state index is 0.416. The molecule has 1 saturated heterocycles. The number of benzene rings is 1. The first-order valence-electron chi connectivity index (χ1n) is 10.5. The highest BCUT2D eigenvalue weighted by Gasteiger charge is 2.21. The van der Waals surface area contributed by atoms with Crippen molar-refractivity contribution in [2.24, 2.45) is 0 Å². The second-order valence-corrected chi connectivity index (χ2v) is 9.53. The number of hydrogen-bond donors (Lipinski definition) is 1. The van der Waals surface area contributed by atoms with Gasteiger partial charge in [0.25, 0.3) is 0 Å². The average molecular weight is 492 g/mol. The van der Waals surface area contributed by atoms with E-state index < -0.39 is 5.97 Å². The highest BCUT2D eigenvalue weighted by Crippen LogP contribution is 2.37. The van der Waals surface area contributed by atoms with Crippen molar-refractivity contribution >= 4 is 62.0 Å². The fourth-order valence-electron chi connectivity index (χ4n) is 3.88. The number of piperazine rings is 1. The monoisotopic (exact) mass is 491 g/mol. The molecule has 1 aromatic carbocycles. The highest BCUT2D eigenvalue weighted by molar-refractivity contribution is 7.80. The number of aryl methyl sites for hydroxylation is 1. The SMILES string of the molecule is CCn1ncc(CN2CCN(C(=S)Nc3ccc4c(Cl)c(C(=O)OC)sc4c3)CC2)c1C. The zero-order chi connectivity index (χ0) is 22.8. The maximum atomic E-state index is 11.9. The molecule has 1 aliphatic rings. The predicted molar refractivity (Wildman–Crippen MR) is 134 cm³/mol. The van der Waals surface area contributed by atoms with Gasteiger partial charge in [-0.2, -0.15) is 5.10 Å². The molecule has 0 saturated carbocycles. The number of esters is 1. The number of ether oxygens (including phenoxy) is 1. The van der Waals surface area contributed by atoms with E-state index in [0.29, 0.717) is 15.0 Å². The second kappa shape index (κ2) is 9.74. The smallest absolute Gasteiger partial charge is 0.349 e. The van der Waals surface area contributed by atoms with Crippen LogP contribution in [0.15, 0.2) is 24.4 Å². The molecule has 0 unspecified atom stereocenters. The number of rotatable bonds is 5. The topological polar surface area (TPSA) is 62.6 Å². The quantitative estimate of drug-likeness (QED) is 0.419. The third kappa shape index (κ3) is 4.61. The van der Waals surface area contributed by atoms with E-state index in [1.54, 1.807) is 0 Å². The molecule has 1 fully saturated rings. The standard InChI is InChI=1S/C22H26ClN5O2S2/c1-4-28-14(2)15(12-24-28)13-26-7-9-27(10-8-26)22(31)25-16-5-6-17-18(11-16)32-20(19(17)23)21(29)30-3/h5-6,11-12H,4,7-10,13H2,1-3H3,(H,25,31). The number of carbonyl (C=O) groups excluding carboxylic acids is 1. The van der Waals surface area contributed by atoms with Crippen molar-refractivity contribution in [1.29, 1.82) is 0 Å². The summed E-state index contributed by atoms with van der Waals surface area (Å²) in [5.41, 5.74) is 3.41. The first kappa shape index (κ1) is 23.0. The minimum atomic E-state index is -0.420. The fraction of sp³-hybridized carbons (Fsp3) is 0.409. The van der Waals surface area contributed by atoms with E-state index in [2.05, 4.69) is 34.1 Å². The van der Waals surface area contributed by atoms with E-state index in [0.717, 1.165) is 55.0 Å². The summed E-state index contributed by atoms with van der Waals surface area (Å²) in [5, 5.41) is 9.75. The molecule has 1 N–H and O–H groups in total. The number of methoxy groups -OCH3 is 1. The van der Waals surface area contributed by atoms with Gasteiger partial charge in [0, 0.05) is 66.3 Å². The molecular weight excluding hydrogens is 466 g/mol. The van der Waals surface area contributed by atoms with Gasteiger partial charge in [-0.3, -0.25) is 9.58 Å². The molecule has 0 spiro atoms. The number of anilines is 1. The number of carbonyl (C=O) groups is 1. The van der Waals surface area contributed by atoms with Crippen LogP contribution in [-0.4, -0.2) is 64.0 Å². The number of hydrogen-bond acceptors (Lipinski definition) is 6. The molecule has 0 aliphatic carbocycles. The van der Waals surface area contributed by atoms with Crippen molar-refractivity contribution in [2.75, 3.05) is 38.6 Å². The van der Waals surface area contributed by atoms with Gasteiger partial charge in [-0.15, -0.1) is 11.3 Å². The lowest BCUT2D eigenvalue weighted by atomic mass is 10.2. The van der Waals surface area contributed by atoms with Crippen LogP contribution in [0.1, 0.15) is 27.9 Å². The highest BCUT2D eigenvalue weighted by atomic mass is 35.5. The van der Waals surface area contributed by atoms with Crippen molar-refractivity contribution in [3.63, 3.8) is 0 Å². The van der Waals surface area contributed by atoms with Gasteiger partial charge in [-0.05, 0) is 44.3 Å². The van der Waals surface area contributed by atoms with E-state index in [-0.39, 0.29) is 0 Å². The van der Waals surface area contributed by atoms with Crippen LogP contribution in [0.3, 0.4) is 0 Å². The Kier molecular flexibility index (Phi) is 6.99. The van der Waals surface area contributed by atoms with Crippen LogP contribution in [0.25, 0.3) is 10.1 Å². The molecule has 10 heteroatoms. The van der Waals surface area contributed by atoms with Gasteiger partial charge in [0.05, 0.1) is 18.3 Å². The number of nitrogens with zero attached hydrogens (tertiary/aromatic N) is 4. The van der Waals surface area contributed by atoms with Gasteiger partial charge in [-0.1, -0.05) is 11.6 Å². The maximum absolute atomic E-state index is 11.9. The van der Waals surface area contributed by atoms with Gasteiger partial charge in [0.2, 0.25) is 0 Å². The molecule has 170 valence electrons. The Morgan fingerprint density at radius 2 is 2.06 bits per heavy atom. The summed E-state index contributed by atoms with van der Waals surface area (Å²) in [7, 11) is 1.35. The lowest BCUT2D eigenvalue weighted by molar-refractivity contribution is 0.0606.